The van der Waals surface area contributed by atoms with Crippen LogP contribution in [0.5, 0.6) is 0 Å². The van der Waals surface area contributed by atoms with Gasteiger partial charge < -0.3 is 10.2 Å². The molecule has 1 N–H and O–H groups in total. The van der Waals surface area contributed by atoms with E-state index in [1.54, 1.807) is 0 Å². The van der Waals surface area contributed by atoms with Crippen molar-refractivity contribution >= 4 is 5.91 Å². The molecule has 20 heavy (non-hydrogen) atoms. The van der Waals surface area contributed by atoms with Crippen LogP contribution in [-0.2, 0) is 4.79 Å². The highest BCUT2D eigenvalue weighted by atomic mass is 16.2. The van der Waals surface area contributed by atoms with Gasteiger partial charge in [-0.1, -0.05) is 39.0 Å². The molecule has 0 aromatic carbocycles. The standard InChI is InChI=1S/C17H34N2O/c1-6-7-8-9-10-11-12-19-15(20)13-16(2,3)18-14-17(19,4)5/h18H,6-14H2,1-5H3. The molecular weight excluding hydrogens is 248 g/mol. The Morgan fingerprint density at radius 2 is 1.65 bits per heavy atom. The lowest BCUT2D eigenvalue weighted by Crippen LogP contribution is -2.51. The fraction of sp³-hybridized carbons (Fsp3) is 0.941. The summed E-state index contributed by atoms with van der Waals surface area (Å²) in [6.45, 7) is 12.6. The normalized spacial score (nSPS) is 21.9. The molecule has 0 bridgehead atoms. The third-order valence-electron chi connectivity index (χ3n) is 4.36. The molecule has 1 saturated heterocycles. The van der Waals surface area contributed by atoms with Crippen molar-refractivity contribution in [3.8, 4) is 0 Å². The number of hydrogen-bond acceptors (Lipinski definition) is 2. The van der Waals surface area contributed by atoms with Gasteiger partial charge in [0.05, 0.1) is 0 Å². The van der Waals surface area contributed by atoms with Crippen LogP contribution in [0.15, 0.2) is 0 Å². The van der Waals surface area contributed by atoms with Gasteiger partial charge in [-0.25, -0.2) is 0 Å². The Hall–Kier alpha value is -0.570. The Kier molecular flexibility index (Phi) is 6.50. The molecular formula is C17H34N2O. The van der Waals surface area contributed by atoms with Crippen molar-refractivity contribution in [1.82, 2.24) is 10.2 Å². The zero-order valence-corrected chi connectivity index (χ0v) is 14.2. The van der Waals surface area contributed by atoms with Gasteiger partial charge in [-0.3, -0.25) is 4.79 Å². The molecule has 118 valence electrons. The van der Waals surface area contributed by atoms with E-state index in [-0.39, 0.29) is 11.1 Å². The van der Waals surface area contributed by atoms with Crippen molar-refractivity contribution < 1.29 is 4.79 Å². The fourth-order valence-corrected chi connectivity index (χ4v) is 2.90. The zero-order chi connectivity index (χ0) is 15.2. The van der Waals surface area contributed by atoms with Gasteiger partial charge in [0.15, 0.2) is 0 Å². The summed E-state index contributed by atoms with van der Waals surface area (Å²) in [6.07, 6.45) is 8.26. The van der Waals surface area contributed by atoms with Crippen LogP contribution in [0.1, 0.15) is 79.6 Å². The number of carbonyl (C=O) groups excluding carboxylic acids is 1. The predicted molar refractivity (Wildman–Crippen MR) is 85.9 cm³/mol. The number of unbranched alkanes of at least 4 members (excludes halogenated alkanes) is 5. The van der Waals surface area contributed by atoms with E-state index in [4.69, 9.17) is 0 Å². The van der Waals surface area contributed by atoms with E-state index >= 15 is 0 Å². The lowest BCUT2D eigenvalue weighted by atomic mass is 10.0. The summed E-state index contributed by atoms with van der Waals surface area (Å²) in [4.78, 5) is 14.6. The Balaban J connectivity index is 2.46. The van der Waals surface area contributed by atoms with Gasteiger partial charge in [0, 0.05) is 30.6 Å². The van der Waals surface area contributed by atoms with Crippen molar-refractivity contribution in [3.63, 3.8) is 0 Å². The summed E-state index contributed by atoms with van der Waals surface area (Å²) in [7, 11) is 0. The zero-order valence-electron chi connectivity index (χ0n) is 14.2. The summed E-state index contributed by atoms with van der Waals surface area (Å²) in [5, 5.41) is 3.53. The van der Waals surface area contributed by atoms with Gasteiger partial charge in [-0.05, 0) is 34.1 Å². The molecule has 0 atom stereocenters. The summed E-state index contributed by atoms with van der Waals surface area (Å²) >= 11 is 0. The molecule has 0 aliphatic carbocycles. The van der Waals surface area contributed by atoms with Crippen LogP contribution in [0, 0.1) is 0 Å². The number of carbonyl (C=O) groups is 1. The first-order valence-corrected chi connectivity index (χ1v) is 8.34. The Morgan fingerprint density at radius 3 is 2.30 bits per heavy atom. The molecule has 1 amide bonds. The Bertz CT molecular complexity index is 310. The second kappa shape index (κ2) is 7.44. The molecule has 1 heterocycles. The van der Waals surface area contributed by atoms with Crippen LogP contribution >= 0.6 is 0 Å². The van der Waals surface area contributed by atoms with E-state index in [2.05, 4.69) is 44.8 Å². The van der Waals surface area contributed by atoms with Crippen molar-refractivity contribution in [2.24, 2.45) is 0 Å². The number of nitrogens with zero attached hydrogens (tertiary/aromatic N) is 1. The quantitative estimate of drug-likeness (QED) is 0.722. The Morgan fingerprint density at radius 1 is 1.05 bits per heavy atom. The van der Waals surface area contributed by atoms with Gasteiger partial charge >= 0.3 is 0 Å². The van der Waals surface area contributed by atoms with Crippen molar-refractivity contribution in [3.05, 3.63) is 0 Å². The van der Waals surface area contributed by atoms with Crippen LogP contribution in [0.25, 0.3) is 0 Å². The second-order valence-corrected chi connectivity index (χ2v) is 7.54. The molecule has 0 saturated carbocycles. The monoisotopic (exact) mass is 282 g/mol. The molecule has 0 aromatic rings. The van der Waals surface area contributed by atoms with Crippen LogP contribution in [0.3, 0.4) is 0 Å². The van der Waals surface area contributed by atoms with Gasteiger partial charge in [0.1, 0.15) is 0 Å². The largest absolute Gasteiger partial charge is 0.336 e. The molecule has 1 aliphatic rings. The maximum absolute atomic E-state index is 12.5. The lowest BCUT2D eigenvalue weighted by molar-refractivity contribution is -0.135. The topological polar surface area (TPSA) is 32.3 Å². The molecule has 1 fully saturated rings. The minimum Gasteiger partial charge on any atom is -0.336 e. The van der Waals surface area contributed by atoms with Crippen LogP contribution in [0.2, 0.25) is 0 Å². The SMILES string of the molecule is CCCCCCCCN1C(=O)CC(C)(C)NCC1(C)C. The van der Waals surface area contributed by atoms with E-state index < -0.39 is 0 Å². The molecule has 0 radical (unpaired) electrons. The Labute approximate surface area is 125 Å². The van der Waals surface area contributed by atoms with E-state index in [9.17, 15) is 4.79 Å². The first kappa shape index (κ1) is 17.5. The average molecular weight is 282 g/mol. The summed E-state index contributed by atoms with van der Waals surface area (Å²) in [5.74, 6) is 0.304. The van der Waals surface area contributed by atoms with E-state index in [1.807, 2.05) is 0 Å². The third kappa shape index (κ3) is 5.43. The fourth-order valence-electron chi connectivity index (χ4n) is 2.90. The van der Waals surface area contributed by atoms with Crippen LogP contribution in [-0.4, -0.2) is 35.0 Å². The van der Waals surface area contributed by atoms with Gasteiger partial charge in [-0.2, -0.15) is 0 Å². The first-order valence-electron chi connectivity index (χ1n) is 8.34. The van der Waals surface area contributed by atoms with E-state index in [1.165, 1.54) is 32.1 Å². The first-order chi connectivity index (χ1) is 9.28. The molecule has 0 aromatic heterocycles. The van der Waals surface area contributed by atoms with Gasteiger partial charge in [-0.15, -0.1) is 0 Å². The number of nitrogens with one attached hydrogen (secondary N) is 1. The third-order valence-corrected chi connectivity index (χ3v) is 4.36. The van der Waals surface area contributed by atoms with Gasteiger partial charge in [0.25, 0.3) is 0 Å². The highest BCUT2D eigenvalue weighted by Gasteiger charge is 2.38. The van der Waals surface area contributed by atoms with E-state index in [0.717, 1.165) is 19.5 Å². The summed E-state index contributed by atoms with van der Waals surface area (Å²) in [6, 6.07) is 0. The van der Waals surface area contributed by atoms with Crippen molar-refractivity contribution in [1.29, 1.82) is 0 Å². The highest BCUT2D eigenvalue weighted by Crippen LogP contribution is 2.24. The smallest absolute Gasteiger partial charge is 0.224 e. The minimum atomic E-state index is -0.0791. The van der Waals surface area contributed by atoms with Crippen LogP contribution < -0.4 is 5.32 Å². The minimum absolute atomic E-state index is 0.0751. The molecule has 3 heteroatoms. The average Bonchev–Trinajstić information content (AvgIpc) is 2.41. The van der Waals surface area contributed by atoms with E-state index in [0.29, 0.717) is 12.3 Å². The number of rotatable bonds is 7. The van der Waals surface area contributed by atoms with Crippen molar-refractivity contribution in [2.45, 2.75) is 90.6 Å². The number of hydrogen-bond donors (Lipinski definition) is 1. The highest BCUT2D eigenvalue weighted by molar-refractivity contribution is 5.78. The van der Waals surface area contributed by atoms with Crippen LogP contribution in [0.4, 0.5) is 0 Å². The molecule has 1 rings (SSSR count). The molecule has 3 nitrogen and oxygen atoms in total. The van der Waals surface area contributed by atoms with Crippen molar-refractivity contribution in [2.75, 3.05) is 13.1 Å². The summed E-state index contributed by atoms with van der Waals surface area (Å²) in [5.41, 5.74) is -0.154. The lowest BCUT2D eigenvalue weighted by Gasteiger charge is -2.37. The number of amides is 1. The maximum Gasteiger partial charge on any atom is 0.224 e. The molecule has 0 spiro atoms. The second-order valence-electron chi connectivity index (χ2n) is 7.54. The molecule has 1 aliphatic heterocycles. The summed E-state index contributed by atoms with van der Waals surface area (Å²) < 4.78 is 0. The molecule has 0 unspecified atom stereocenters. The maximum atomic E-state index is 12.5. The predicted octanol–water partition coefficient (Wildman–Crippen LogP) is 3.73. The van der Waals surface area contributed by atoms with Gasteiger partial charge in [0.2, 0.25) is 5.91 Å².